The highest BCUT2D eigenvalue weighted by Crippen LogP contribution is 2.21. The highest BCUT2D eigenvalue weighted by atomic mass is 35.5. The highest BCUT2D eigenvalue weighted by Gasteiger charge is 2.19. The van der Waals surface area contributed by atoms with E-state index >= 15 is 0 Å². The zero-order chi connectivity index (χ0) is 14.1. The van der Waals surface area contributed by atoms with Crippen molar-refractivity contribution in [2.45, 2.75) is 19.4 Å². The quantitative estimate of drug-likeness (QED) is 0.924. The molecule has 2 heterocycles. The number of hydrogen-bond acceptors (Lipinski definition) is 2. The number of rotatable bonds is 2. The summed E-state index contributed by atoms with van der Waals surface area (Å²) in [5.74, 6) is -0.490. The lowest BCUT2D eigenvalue weighted by Gasteiger charge is -2.06. The Balaban J connectivity index is 1.93. The molecule has 2 aromatic rings. The van der Waals surface area contributed by atoms with Gasteiger partial charge >= 0.3 is 0 Å². The van der Waals surface area contributed by atoms with Crippen molar-refractivity contribution in [2.24, 2.45) is 0 Å². The van der Waals surface area contributed by atoms with E-state index in [1.54, 1.807) is 23.0 Å². The second kappa shape index (κ2) is 5.25. The average Bonchev–Trinajstić information content (AvgIpc) is 2.74. The van der Waals surface area contributed by atoms with Crippen LogP contribution in [0.1, 0.15) is 28.0 Å². The molecule has 0 unspecified atom stereocenters. The van der Waals surface area contributed by atoms with Crippen molar-refractivity contribution < 1.29 is 9.18 Å². The number of fused-ring (bicyclic) bond motifs is 1. The Kier molecular flexibility index (Phi) is 3.44. The fraction of sp³-hybridized carbons (Fsp3) is 0.286. The number of benzene rings is 1. The van der Waals surface area contributed by atoms with Crippen LogP contribution >= 0.6 is 11.6 Å². The number of carbonyl (C=O) groups is 1. The minimum atomic E-state index is -0.368. The fourth-order valence-corrected chi connectivity index (χ4v) is 2.54. The molecule has 104 valence electrons. The summed E-state index contributed by atoms with van der Waals surface area (Å²) >= 11 is 6.00. The van der Waals surface area contributed by atoms with Crippen LogP contribution in [-0.4, -0.2) is 22.2 Å². The molecule has 0 spiro atoms. The van der Waals surface area contributed by atoms with Gasteiger partial charge in [-0.3, -0.25) is 9.48 Å². The predicted molar refractivity (Wildman–Crippen MR) is 73.4 cm³/mol. The number of nitrogens with one attached hydrogen (secondary N) is 1. The van der Waals surface area contributed by atoms with Gasteiger partial charge in [0.05, 0.1) is 17.8 Å². The van der Waals surface area contributed by atoms with Gasteiger partial charge in [0.15, 0.2) is 0 Å². The molecule has 1 N–H and O–H groups in total. The predicted octanol–water partition coefficient (Wildman–Crippen LogP) is 2.40. The number of halogens is 2. The van der Waals surface area contributed by atoms with Gasteiger partial charge in [-0.25, -0.2) is 4.39 Å². The second-order valence-electron chi connectivity index (χ2n) is 4.75. The first kappa shape index (κ1) is 13.1. The number of amides is 1. The van der Waals surface area contributed by atoms with Crippen LogP contribution in [-0.2, 0) is 13.0 Å². The molecule has 0 atom stereocenters. The molecule has 0 radical (unpaired) electrons. The monoisotopic (exact) mass is 293 g/mol. The Morgan fingerprint density at radius 1 is 1.45 bits per heavy atom. The maximum Gasteiger partial charge on any atom is 0.254 e. The molecule has 6 heteroatoms. The van der Waals surface area contributed by atoms with Crippen molar-refractivity contribution in [1.82, 2.24) is 15.1 Å². The van der Waals surface area contributed by atoms with Crippen LogP contribution in [0.4, 0.5) is 4.39 Å². The van der Waals surface area contributed by atoms with E-state index in [2.05, 4.69) is 10.4 Å². The maximum atomic E-state index is 13.8. The SMILES string of the molecule is O=C1NCCCc2nn(Cc3c(F)cccc3Cl)cc21. The summed E-state index contributed by atoms with van der Waals surface area (Å²) in [5, 5.41) is 7.54. The van der Waals surface area contributed by atoms with Crippen molar-refractivity contribution in [1.29, 1.82) is 0 Å². The van der Waals surface area contributed by atoms with Crippen molar-refractivity contribution >= 4 is 17.5 Å². The number of aryl methyl sites for hydroxylation is 1. The lowest BCUT2D eigenvalue weighted by molar-refractivity contribution is 0.0956. The zero-order valence-electron chi connectivity index (χ0n) is 10.7. The smallest absolute Gasteiger partial charge is 0.254 e. The maximum absolute atomic E-state index is 13.8. The van der Waals surface area contributed by atoms with E-state index in [1.165, 1.54) is 6.07 Å². The molecule has 1 aromatic heterocycles. The molecular weight excluding hydrogens is 281 g/mol. The standard InChI is InChI=1S/C14H13ClFN3O/c15-11-3-1-4-12(16)9(11)7-19-8-10-13(18-19)5-2-6-17-14(10)20/h1,3-4,8H,2,5-7H2,(H,17,20). The van der Waals surface area contributed by atoms with Crippen LogP contribution < -0.4 is 5.32 Å². The number of carbonyl (C=O) groups excluding carboxylic acids is 1. The number of hydrogen-bond donors (Lipinski definition) is 1. The van der Waals surface area contributed by atoms with Gasteiger partial charge in [-0.05, 0) is 25.0 Å². The molecule has 1 aliphatic rings. The van der Waals surface area contributed by atoms with E-state index in [0.29, 0.717) is 22.7 Å². The molecular formula is C14H13ClFN3O. The van der Waals surface area contributed by atoms with Crippen molar-refractivity contribution in [3.8, 4) is 0 Å². The van der Waals surface area contributed by atoms with E-state index < -0.39 is 0 Å². The third-order valence-electron chi connectivity index (χ3n) is 3.34. The summed E-state index contributed by atoms with van der Waals surface area (Å²) in [7, 11) is 0. The lowest BCUT2D eigenvalue weighted by atomic mass is 10.2. The lowest BCUT2D eigenvalue weighted by Crippen LogP contribution is -2.22. The van der Waals surface area contributed by atoms with Crippen molar-refractivity contribution in [3.63, 3.8) is 0 Å². The van der Waals surface area contributed by atoms with Gasteiger partial charge < -0.3 is 5.32 Å². The first-order valence-electron chi connectivity index (χ1n) is 6.42. The summed E-state index contributed by atoms with van der Waals surface area (Å²) in [6.45, 7) is 0.875. The molecule has 1 amide bonds. The van der Waals surface area contributed by atoms with E-state index in [0.717, 1.165) is 18.5 Å². The van der Waals surface area contributed by atoms with Crippen molar-refractivity contribution in [2.75, 3.05) is 6.54 Å². The summed E-state index contributed by atoms with van der Waals surface area (Å²) in [5.41, 5.74) is 1.70. The molecule has 1 aromatic carbocycles. The van der Waals surface area contributed by atoms with Gasteiger partial charge in [0.25, 0.3) is 5.91 Å². The van der Waals surface area contributed by atoms with E-state index in [9.17, 15) is 9.18 Å². The molecule has 0 saturated carbocycles. The molecule has 0 fully saturated rings. The van der Waals surface area contributed by atoms with Crippen molar-refractivity contribution in [3.05, 3.63) is 52.1 Å². The van der Waals surface area contributed by atoms with Gasteiger partial charge in [-0.15, -0.1) is 0 Å². The van der Waals surface area contributed by atoms with Crippen LogP contribution in [0.5, 0.6) is 0 Å². The molecule has 0 aliphatic carbocycles. The molecule has 0 bridgehead atoms. The van der Waals surface area contributed by atoms with Gasteiger partial charge in [-0.1, -0.05) is 17.7 Å². The largest absolute Gasteiger partial charge is 0.352 e. The summed E-state index contributed by atoms with van der Waals surface area (Å²) < 4.78 is 15.3. The summed E-state index contributed by atoms with van der Waals surface area (Å²) in [6, 6.07) is 4.57. The molecule has 0 saturated heterocycles. The van der Waals surface area contributed by atoms with Gasteiger partial charge in [0.2, 0.25) is 0 Å². The topological polar surface area (TPSA) is 46.9 Å². The minimum absolute atomic E-state index is 0.122. The first-order chi connectivity index (χ1) is 9.65. The Labute approximate surface area is 120 Å². The third-order valence-corrected chi connectivity index (χ3v) is 3.69. The van der Waals surface area contributed by atoms with Crippen LogP contribution in [0.25, 0.3) is 0 Å². The zero-order valence-corrected chi connectivity index (χ0v) is 11.5. The molecule has 1 aliphatic heterocycles. The fourth-order valence-electron chi connectivity index (χ4n) is 2.32. The first-order valence-corrected chi connectivity index (χ1v) is 6.80. The number of nitrogens with zero attached hydrogens (tertiary/aromatic N) is 2. The van der Waals surface area contributed by atoms with Gasteiger partial charge in [0, 0.05) is 23.3 Å². The Hall–Kier alpha value is -1.88. The Morgan fingerprint density at radius 3 is 3.10 bits per heavy atom. The van der Waals surface area contributed by atoms with E-state index in [4.69, 9.17) is 11.6 Å². The molecule has 20 heavy (non-hydrogen) atoms. The van der Waals surface area contributed by atoms with E-state index in [-0.39, 0.29) is 18.3 Å². The van der Waals surface area contributed by atoms with Gasteiger partial charge in [-0.2, -0.15) is 5.10 Å². The molecule has 4 nitrogen and oxygen atoms in total. The van der Waals surface area contributed by atoms with Crippen LogP contribution in [0.15, 0.2) is 24.4 Å². The summed E-state index contributed by atoms with van der Waals surface area (Å²) in [4.78, 5) is 11.8. The number of aromatic nitrogens is 2. The van der Waals surface area contributed by atoms with E-state index in [1.807, 2.05) is 0 Å². The Bertz CT molecular complexity index is 648. The average molecular weight is 294 g/mol. The summed E-state index contributed by atoms with van der Waals surface area (Å²) in [6.07, 6.45) is 3.25. The normalized spacial score (nSPS) is 14.6. The second-order valence-corrected chi connectivity index (χ2v) is 5.15. The minimum Gasteiger partial charge on any atom is -0.352 e. The van der Waals surface area contributed by atoms with Crippen LogP contribution in [0.2, 0.25) is 5.02 Å². The third kappa shape index (κ3) is 2.41. The highest BCUT2D eigenvalue weighted by molar-refractivity contribution is 6.31. The molecule has 3 rings (SSSR count). The van der Waals surface area contributed by atoms with Crippen LogP contribution in [0, 0.1) is 5.82 Å². The van der Waals surface area contributed by atoms with Crippen LogP contribution in [0.3, 0.4) is 0 Å². The van der Waals surface area contributed by atoms with Gasteiger partial charge in [0.1, 0.15) is 5.82 Å². The Morgan fingerprint density at radius 2 is 2.30 bits per heavy atom.